The van der Waals surface area contributed by atoms with E-state index in [2.05, 4.69) is 195 Å². The van der Waals surface area contributed by atoms with E-state index in [4.69, 9.17) is 8.85 Å². The minimum absolute atomic E-state index is 0.0618. The molecular formula is C55H58O3Si2. The minimum atomic E-state index is -2.87. The maximum absolute atomic E-state index is 11.7. The summed E-state index contributed by atoms with van der Waals surface area (Å²) in [6, 6.07) is 66.3. The van der Waals surface area contributed by atoms with Crippen LogP contribution in [0.5, 0.6) is 0 Å². The molecule has 0 spiro atoms. The van der Waals surface area contributed by atoms with Crippen molar-refractivity contribution in [3.8, 4) is 0 Å². The van der Waals surface area contributed by atoms with Gasteiger partial charge in [-0.05, 0) is 106 Å². The summed E-state index contributed by atoms with van der Waals surface area (Å²) in [5, 5.41) is 19.4. The highest BCUT2D eigenvalue weighted by molar-refractivity contribution is 7.07. The molecule has 10 rings (SSSR count). The van der Waals surface area contributed by atoms with Gasteiger partial charge in [0.05, 0.1) is 12.7 Å². The Kier molecular flexibility index (Phi) is 10.8. The average molecular weight is 823 g/mol. The number of aliphatic hydroxyl groups is 1. The van der Waals surface area contributed by atoms with Gasteiger partial charge < -0.3 is 14.0 Å². The highest BCUT2D eigenvalue weighted by atomic mass is 28.4. The third kappa shape index (κ3) is 6.47. The van der Waals surface area contributed by atoms with E-state index in [9.17, 15) is 5.11 Å². The zero-order valence-corrected chi connectivity index (χ0v) is 36.9. The number of benzene rings is 6. The van der Waals surface area contributed by atoms with Crippen molar-refractivity contribution < 1.29 is 14.0 Å². The van der Waals surface area contributed by atoms with Crippen LogP contribution >= 0.6 is 0 Å². The van der Waals surface area contributed by atoms with E-state index in [0.717, 1.165) is 44.9 Å². The second-order valence-corrected chi connectivity index (χ2v) is 25.1. The van der Waals surface area contributed by atoms with Crippen LogP contribution in [0.3, 0.4) is 0 Å². The molecule has 0 radical (unpaired) electrons. The Hall–Kier alpha value is -4.63. The normalized spacial score (nSPS) is 27.6. The molecule has 0 bridgehead atoms. The summed E-state index contributed by atoms with van der Waals surface area (Å²) in [4.78, 5) is 0. The summed E-state index contributed by atoms with van der Waals surface area (Å²) in [5.41, 5.74) is 1.33. The molecule has 304 valence electrons. The van der Waals surface area contributed by atoms with E-state index in [1.807, 2.05) is 0 Å². The van der Waals surface area contributed by atoms with E-state index in [0.29, 0.717) is 17.8 Å². The summed E-state index contributed by atoms with van der Waals surface area (Å²) in [7, 11) is -5.74. The molecule has 60 heavy (non-hydrogen) atoms. The van der Waals surface area contributed by atoms with Crippen LogP contribution in [0, 0.1) is 28.6 Å². The van der Waals surface area contributed by atoms with Crippen molar-refractivity contribution in [2.24, 2.45) is 28.6 Å². The van der Waals surface area contributed by atoms with Crippen LogP contribution in [0.1, 0.15) is 58.3 Å². The Morgan fingerprint density at radius 1 is 0.500 bits per heavy atom. The van der Waals surface area contributed by atoms with Gasteiger partial charge in [-0.1, -0.05) is 201 Å². The van der Waals surface area contributed by atoms with Gasteiger partial charge in [0.2, 0.25) is 0 Å². The number of fused-ring (bicyclic) bond motifs is 5. The molecule has 4 aliphatic rings. The molecule has 7 atom stereocenters. The van der Waals surface area contributed by atoms with Crippen LogP contribution in [-0.4, -0.2) is 40.6 Å². The monoisotopic (exact) mass is 822 g/mol. The lowest BCUT2D eigenvalue weighted by molar-refractivity contribution is -0.0841. The standard InChI is InChI=1S/C55H58O3Si2/c1-54-38-37-52-50(51(54)34-35-53(54)58-60(47-26-14-5-15-27-47,48-28-16-6-17-29-48)49-30-18-7-19-31-49)33-32-42-40-43(36-39-55(42,52)41-56)57-59(44-20-8-2-9-21-44,45-22-10-3-11-23-45)46-24-12-4-13-25-46/h2-32,43,50-53,56H,33-41H2,1H3/t43?,50-,51-,52+,53?,54-,55+/m0/s1. The molecule has 2 unspecified atom stereocenters. The molecule has 6 aromatic carbocycles. The zero-order valence-electron chi connectivity index (χ0n) is 34.9. The highest BCUT2D eigenvalue weighted by Gasteiger charge is 2.62. The summed E-state index contributed by atoms with van der Waals surface area (Å²) < 4.78 is 15.8. The predicted molar refractivity (Wildman–Crippen MR) is 251 cm³/mol. The molecule has 0 aliphatic heterocycles. The molecular weight excluding hydrogens is 765 g/mol. The maximum Gasteiger partial charge on any atom is 0.288 e. The number of hydrogen-bond acceptors (Lipinski definition) is 3. The van der Waals surface area contributed by atoms with E-state index < -0.39 is 16.6 Å². The Morgan fingerprint density at radius 2 is 0.917 bits per heavy atom. The summed E-state index contributed by atoms with van der Waals surface area (Å²) in [6.45, 7) is 2.79. The van der Waals surface area contributed by atoms with Crippen LogP contribution in [-0.2, 0) is 8.85 Å². The van der Waals surface area contributed by atoms with Crippen molar-refractivity contribution in [1.29, 1.82) is 0 Å². The molecule has 3 fully saturated rings. The van der Waals surface area contributed by atoms with Crippen molar-refractivity contribution >= 4 is 47.8 Å². The lowest BCUT2D eigenvalue weighted by atomic mass is 9.47. The molecule has 1 N–H and O–H groups in total. The fourth-order valence-electron chi connectivity index (χ4n) is 12.9. The number of allylic oxidation sites excluding steroid dienone is 1. The summed E-state index contributed by atoms with van der Waals surface area (Å²) in [5.74, 6) is 1.57. The van der Waals surface area contributed by atoms with Crippen molar-refractivity contribution in [2.75, 3.05) is 6.61 Å². The average Bonchev–Trinajstić information content (AvgIpc) is 3.66. The Balaban J connectivity index is 0.965. The van der Waals surface area contributed by atoms with Crippen molar-refractivity contribution in [3.63, 3.8) is 0 Å². The molecule has 3 nitrogen and oxygen atoms in total. The molecule has 5 heteroatoms. The van der Waals surface area contributed by atoms with Gasteiger partial charge in [0.15, 0.2) is 0 Å². The van der Waals surface area contributed by atoms with Crippen LogP contribution in [0.25, 0.3) is 0 Å². The van der Waals surface area contributed by atoms with Crippen molar-refractivity contribution in [1.82, 2.24) is 0 Å². The quantitative estimate of drug-likeness (QED) is 0.0818. The van der Waals surface area contributed by atoms with Gasteiger partial charge in [-0.2, -0.15) is 0 Å². The third-order valence-electron chi connectivity index (χ3n) is 15.7. The van der Waals surface area contributed by atoms with Crippen molar-refractivity contribution in [3.05, 3.63) is 194 Å². The van der Waals surface area contributed by atoms with Gasteiger partial charge in [-0.25, -0.2) is 0 Å². The molecule has 0 heterocycles. The van der Waals surface area contributed by atoms with Gasteiger partial charge in [-0.3, -0.25) is 0 Å². The molecule has 0 saturated heterocycles. The van der Waals surface area contributed by atoms with Gasteiger partial charge in [0.1, 0.15) is 0 Å². The van der Waals surface area contributed by atoms with Crippen LogP contribution < -0.4 is 31.1 Å². The Morgan fingerprint density at radius 3 is 1.33 bits per heavy atom. The van der Waals surface area contributed by atoms with Crippen LogP contribution in [0.4, 0.5) is 0 Å². The first kappa shape index (κ1) is 39.5. The highest BCUT2D eigenvalue weighted by Crippen LogP contribution is 2.65. The zero-order chi connectivity index (χ0) is 40.6. The predicted octanol–water partition coefficient (Wildman–Crippen LogP) is 8.03. The second-order valence-electron chi connectivity index (χ2n) is 18.4. The molecule has 4 aliphatic carbocycles. The Bertz CT molecular complexity index is 2180. The second kappa shape index (κ2) is 16.3. The topological polar surface area (TPSA) is 38.7 Å². The first-order chi connectivity index (χ1) is 29.5. The minimum Gasteiger partial charge on any atom is -0.401 e. The molecule has 6 aromatic rings. The van der Waals surface area contributed by atoms with E-state index in [1.165, 1.54) is 43.1 Å². The summed E-state index contributed by atoms with van der Waals surface area (Å²) in [6.07, 6.45) is 11.2. The largest absolute Gasteiger partial charge is 0.401 e. The van der Waals surface area contributed by atoms with Crippen LogP contribution in [0.2, 0.25) is 0 Å². The molecule has 0 amide bonds. The lowest BCUT2D eigenvalue weighted by Gasteiger charge is -2.59. The van der Waals surface area contributed by atoms with Gasteiger partial charge in [0, 0.05) is 11.5 Å². The Labute approximate surface area is 359 Å². The maximum atomic E-state index is 11.7. The smallest absolute Gasteiger partial charge is 0.288 e. The fraction of sp³-hybridized carbons (Fsp3) is 0.309. The molecule has 3 saturated carbocycles. The van der Waals surface area contributed by atoms with Gasteiger partial charge in [-0.15, -0.1) is 0 Å². The number of hydrogen-bond donors (Lipinski definition) is 1. The first-order valence-corrected chi connectivity index (χ1v) is 26.3. The number of aliphatic hydroxyl groups excluding tert-OH is 1. The fourth-order valence-corrected chi connectivity index (χ4v) is 21.2. The van der Waals surface area contributed by atoms with E-state index in [-0.39, 0.29) is 29.6 Å². The first-order valence-electron chi connectivity index (χ1n) is 22.5. The summed E-state index contributed by atoms with van der Waals surface area (Å²) >= 11 is 0. The van der Waals surface area contributed by atoms with E-state index >= 15 is 0 Å². The van der Waals surface area contributed by atoms with Crippen molar-refractivity contribution in [2.45, 2.75) is 70.5 Å². The SMILES string of the molecule is C[C@]12CC[C@@H]3[C@@H](CC=C4CC(O[Si](c5ccccc5)(c5ccccc5)c5ccccc5)CC[C@@]43CO)[C@@H]1CCC2O[Si](c1ccccc1)(c1ccccc1)c1ccccc1. The third-order valence-corrected chi connectivity index (χ3v) is 23.9. The van der Waals surface area contributed by atoms with Crippen LogP contribution in [0.15, 0.2) is 194 Å². The lowest BCUT2D eigenvalue weighted by Crippen LogP contribution is -2.71. The van der Waals surface area contributed by atoms with Gasteiger partial charge in [0.25, 0.3) is 16.6 Å². The van der Waals surface area contributed by atoms with Gasteiger partial charge >= 0.3 is 0 Å². The number of rotatable bonds is 11. The molecule has 0 aromatic heterocycles. The van der Waals surface area contributed by atoms with E-state index in [1.54, 1.807) is 0 Å².